The summed E-state index contributed by atoms with van der Waals surface area (Å²) in [5.41, 5.74) is 0. The van der Waals surface area contributed by atoms with Crippen molar-refractivity contribution < 1.29 is 4.74 Å². The molecule has 1 rings (SSSR count). The molecular formula is C12H23IN4OS. The number of nitrogens with one attached hydrogen (secondary N) is 2. The average Bonchev–Trinajstić information content (AvgIpc) is 2.75. The minimum atomic E-state index is 0. The summed E-state index contributed by atoms with van der Waals surface area (Å²) in [5.74, 6) is 0.836. The lowest BCUT2D eigenvalue weighted by molar-refractivity contribution is 0.208. The number of rotatable bonds is 7. The zero-order valence-electron chi connectivity index (χ0n) is 11.7. The molecule has 0 radical (unpaired) electrons. The van der Waals surface area contributed by atoms with Crippen molar-refractivity contribution >= 4 is 41.3 Å². The van der Waals surface area contributed by atoms with Gasteiger partial charge in [0.15, 0.2) is 5.96 Å². The highest BCUT2D eigenvalue weighted by molar-refractivity contribution is 14.0. The number of ether oxygens (including phenoxy) is 1. The van der Waals surface area contributed by atoms with E-state index in [1.165, 1.54) is 4.88 Å². The van der Waals surface area contributed by atoms with Crippen LogP contribution >= 0.6 is 35.3 Å². The van der Waals surface area contributed by atoms with Crippen molar-refractivity contribution in [3.05, 3.63) is 16.1 Å². The molecule has 0 atom stereocenters. The van der Waals surface area contributed by atoms with Crippen molar-refractivity contribution in [2.45, 2.75) is 20.3 Å². The summed E-state index contributed by atoms with van der Waals surface area (Å²) in [6.45, 7) is 7.13. The Balaban J connectivity index is 0.00000324. The van der Waals surface area contributed by atoms with E-state index in [2.05, 4.69) is 34.5 Å². The van der Waals surface area contributed by atoms with Gasteiger partial charge in [-0.3, -0.25) is 4.99 Å². The number of thiazole rings is 1. The molecule has 5 nitrogen and oxygen atoms in total. The van der Waals surface area contributed by atoms with Crippen LogP contribution in [-0.2, 0) is 11.2 Å². The monoisotopic (exact) mass is 398 g/mol. The summed E-state index contributed by atoms with van der Waals surface area (Å²) in [4.78, 5) is 9.98. The number of halogens is 1. The summed E-state index contributed by atoms with van der Waals surface area (Å²) in [7, 11) is 1.68. The van der Waals surface area contributed by atoms with E-state index in [-0.39, 0.29) is 24.0 Å². The molecule has 2 N–H and O–H groups in total. The van der Waals surface area contributed by atoms with Gasteiger partial charge in [0.05, 0.1) is 18.2 Å². The number of aromatic nitrogens is 1. The number of nitrogens with zero attached hydrogens (tertiary/aromatic N) is 2. The molecule has 19 heavy (non-hydrogen) atoms. The van der Waals surface area contributed by atoms with Crippen molar-refractivity contribution in [1.82, 2.24) is 15.6 Å². The molecule has 1 aromatic rings. The Kier molecular flexibility index (Phi) is 11.2. The van der Waals surface area contributed by atoms with Gasteiger partial charge in [0.1, 0.15) is 0 Å². The van der Waals surface area contributed by atoms with Gasteiger partial charge in [0.2, 0.25) is 0 Å². The zero-order valence-corrected chi connectivity index (χ0v) is 14.9. The lowest BCUT2D eigenvalue weighted by Crippen LogP contribution is -2.38. The van der Waals surface area contributed by atoms with Gasteiger partial charge in [0.25, 0.3) is 0 Å². The average molecular weight is 398 g/mol. The molecule has 0 amide bonds. The van der Waals surface area contributed by atoms with Crippen LogP contribution in [0, 0.1) is 6.92 Å². The molecule has 0 aliphatic carbocycles. The molecule has 0 spiro atoms. The Bertz CT molecular complexity index is 370. The lowest BCUT2D eigenvalue weighted by Gasteiger charge is -2.10. The molecule has 0 unspecified atom stereocenters. The second kappa shape index (κ2) is 11.4. The van der Waals surface area contributed by atoms with E-state index in [0.29, 0.717) is 13.2 Å². The second-order valence-electron chi connectivity index (χ2n) is 3.79. The van der Waals surface area contributed by atoms with Crippen LogP contribution in [0.25, 0.3) is 0 Å². The SMILES string of the molecule is CCNC(=NCCOC)NCCc1ncc(C)s1.I. The van der Waals surface area contributed by atoms with Crippen LogP contribution in [0.15, 0.2) is 11.2 Å². The highest BCUT2D eigenvalue weighted by Crippen LogP contribution is 2.10. The first-order valence-corrected chi connectivity index (χ1v) is 7.00. The highest BCUT2D eigenvalue weighted by Gasteiger charge is 2.00. The van der Waals surface area contributed by atoms with E-state index in [9.17, 15) is 0 Å². The highest BCUT2D eigenvalue weighted by atomic mass is 127. The van der Waals surface area contributed by atoms with Crippen molar-refractivity contribution in [2.24, 2.45) is 4.99 Å². The molecule has 0 aromatic carbocycles. The van der Waals surface area contributed by atoms with E-state index in [4.69, 9.17) is 4.74 Å². The van der Waals surface area contributed by atoms with Gasteiger partial charge >= 0.3 is 0 Å². The second-order valence-corrected chi connectivity index (χ2v) is 5.11. The Morgan fingerprint density at radius 2 is 2.26 bits per heavy atom. The van der Waals surface area contributed by atoms with Gasteiger partial charge < -0.3 is 15.4 Å². The number of guanidine groups is 1. The predicted molar refractivity (Wildman–Crippen MR) is 91.8 cm³/mol. The summed E-state index contributed by atoms with van der Waals surface area (Å²) in [5, 5.41) is 7.65. The van der Waals surface area contributed by atoms with Crippen molar-refractivity contribution in [3.8, 4) is 0 Å². The van der Waals surface area contributed by atoms with E-state index in [1.807, 2.05) is 6.20 Å². The van der Waals surface area contributed by atoms with Gasteiger partial charge in [-0.05, 0) is 13.8 Å². The molecule has 1 aromatic heterocycles. The molecular weight excluding hydrogens is 375 g/mol. The largest absolute Gasteiger partial charge is 0.383 e. The van der Waals surface area contributed by atoms with Gasteiger partial charge in [-0.15, -0.1) is 35.3 Å². The fraction of sp³-hybridized carbons (Fsp3) is 0.667. The van der Waals surface area contributed by atoms with E-state index >= 15 is 0 Å². The first-order valence-electron chi connectivity index (χ1n) is 6.18. The quantitative estimate of drug-likeness (QED) is 0.319. The summed E-state index contributed by atoms with van der Waals surface area (Å²) < 4.78 is 4.98. The fourth-order valence-electron chi connectivity index (χ4n) is 1.40. The van der Waals surface area contributed by atoms with Crippen LogP contribution in [0.1, 0.15) is 16.8 Å². The van der Waals surface area contributed by atoms with Crippen LogP contribution in [-0.4, -0.2) is 44.3 Å². The topological polar surface area (TPSA) is 58.5 Å². The maximum absolute atomic E-state index is 4.98. The molecule has 7 heteroatoms. The minimum absolute atomic E-state index is 0. The zero-order chi connectivity index (χ0) is 13.2. The number of methoxy groups -OCH3 is 1. The Labute approximate surface area is 136 Å². The first kappa shape index (κ1) is 18.6. The van der Waals surface area contributed by atoms with E-state index in [0.717, 1.165) is 30.5 Å². The third kappa shape index (κ3) is 8.38. The third-order valence-corrected chi connectivity index (χ3v) is 3.18. The molecule has 0 saturated heterocycles. The van der Waals surface area contributed by atoms with Gasteiger partial charge in [-0.1, -0.05) is 0 Å². The van der Waals surface area contributed by atoms with Gasteiger partial charge in [-0.25, -0.2) is 4.98 Å². The number of hydrogen-bond acceptors (Lipinski definition) is 4. The van der Waals surface area contributed by atoms with Crippen LogP contribution in [0.5, 0.6) is 0 Å². The summed E-state index contributed by atoms with van der Waals surface area (Å²) in [6, 6.07) is 0. The molecule has 0 fully saturated rings. The van der Waals surface area contributed by atoms with Crippen LogP contribution < -0.4 is 10.6 Å². The van der Waals surface area contributed by atoms with Gasteiger partial charge in [-0.2, -0.15) is 0 Å². The molecule has 0 aliphatic rings. The first-order chi connectivity index (χ1) is 8.76. The van der Waals surface area contributed by atoms with Crippen molar-refractivity contribution in [1.29, 1.82) is 0 Å². The number of hydrogen-bond donors (Lipinski definition) is 2. The van der Waals surface area contributed by atoms with E-state index in [1.54, 1.807) is 18.4 Å². The molecule has 0 bridgehead atoms. The van der Waals surface area contributed by atoms with Gasteiger partial charge in [0, 0.05) is 37.7 Å². The lowest BCUT2D eigenvalue weighted by atomic mass is 10.4. The Morgan fingerprint density at radius 1 is 1.47 bits per heavy atom. The van der Waals surface area contributed by atoms with E-state index < -0.39 is 0 Å². The normalized spacial score (nSPS) is 11.0. The standard InChI is InChI=1S/C12H22N4OS.HI/c1-4-13-12(15-7-8-17-3)14-6-5-11-16-9-10(2)18-11;/h9H,4-8H2,1-3H3,(H2,13,14,15);1H. The van der Waals surface area contributed by atoms with Crippen molar-refractivity contribution in [2.75, 3.05) is 33.4 Å². The summed E-state index contributed by atoms with van der Waals surface area (Å²) >= 11 is 1.74. The number of aliphatic imine (C=N–C) groups is 1. The van der Waals surface area contributed by atoms with Crippen molar-refractivity contribution in [3.63, 3.8) is 0 Å². The van der Waals surface area contributed by atoms with Crippen LogP contribution in [0.3, 0.4) is 0 Å². The molecule has 0 saturated carbocycles. The smallest absolute Gasteiger partial charge is 0.191 e. The third-order valence-electron chi connectivity index (χ3n) is 2.21. The van der Waals surface area contributed by atoms with Crippen LogP contribution in [0.2, 0.25) is 0 Å². The Hall–Kier alpha value is -0.410. The maximum atomic E-state index is 4.98. The minimum Gasteiger partial charge on any atom is -0.383 e. The Morgan fingerprint density at radius 3 is 2.84 bits per heavy atom. The predicted octanol–water partition coefficient (Wildman–Crippen LogP) is 1.81. The molecule has 1 heterocycles. The maximum Gasteiger partial charge on any atom is 0.191 e. The number of aryl methyl sites for hydroxylation is 1. The molecule has 110 valence electrons. The summed E-state index contributed by atoms with van der Waals surface area (Å²) in [6.07, 6.45) is 2.84. The van der Waals surface area contributed by atoms with Crippen LogP contribution in [0.4, 0.5) is 0 Å². The fourth-order valence-corrected chi connectivity index (χ4v) is 2.18. The molecule has 0 aliphatic heterocycles.